The van der Waals surface area contributed by atoms with Gasteiger partial charge in [-0.05, 0) is 48.6 Å². The second-order valence-corrected chi connectivity index (χ2v) is 8.29. The molecule has 5 heteroatoms. The highest BCUT2D eigenvalue weighted by atomic mass is 16.5. The highest BCUT2D eigenvalue weighted by Gasteiger charge is 2.34. The minimum absolute atomic E-state index is 0.0151. The molecule has 0 saturated heterocycles. The highest BCUT2D eigenvalue weighted by molar-refractivity contribution is 5.60. The van der Waals surface area contributed by atoms with E-state index in [0.29, 0.717) is 13.2 Å². The van der Waals surface area contributed by atoms with Gasteiger partial charge in [-0.1, -0.05) is 60.7 Å². The lowest BCUT2D eigenvalue weighted by atomic mass is 9.88. The Labute approximate surface area is 189 Å². The molecule has 0 saturated carbocycles. The smallest absolute Gasteiger partial charge is 0.250 e. The van der Waals surface area contributed by atoms with Gasteiger partial charge >= 0.3 is 0 Å². The molecule has 1 N–H and O–H groups in total. The van der Waals surface area contributed by atoms with E-state index in [-0.39, 0.29) is 18.2 Å². The predicted octanol–water partition coefficient (Wildman–Crippen LogP) is 4.58. The van der Waals surface area contributed by atoms with E-state index in [1.165, 1.54) is 5.56 Å². The Bertz CT molecular complexity index is 1120. The summed E-state index contributed by atoms with van der Waals surface area (Å²) in [5.41, 5.74) is 3.66. The topological polar surface area (TPSA) is 54.7 Å². The van der Waals surface area contributed by atoms with Crippen LogP contribution in [0.4, 0.5) is 0 Å². The lowest BCUT2D eigenvalue weighted by Gasteiger charge is -2.40. The molecule has 0 aliphatic carbocycles. The van der Waals surface area contributed by atoms with Crippen molar-refractivity contribution < 1.29 is 9.84 Å². The number of aliphatic hydroxyl groups is 1. The molecule has 3 aromatic rings. The number of aromatic nitrogens is 1. The van der Waals surface area contributed by atoms with Gasteiger partial charge in [0.05, 0.1) is 11.7 Å². The number of aliphatic hydroxyl groups excluding tert-OH is 1. The van der Waals surface area contributed by atoms with E-state index in [0.717, 1.165) is 23.2 Å². The van der Waals surface area contributed by atoms with Crippen LogP contribution in [0.2, 0.25) is 0 Å². The Hall–Kier alpha value is -3.15. The number of hydrogen-bond donors (Lipinski definition) is 1. The van der Waals surface area contributed by atoms with E-state index >= 15 is 0 Å². The summed E-state index contributed by atoms with van der Waals surface area (Å²) in [5, 5.41) is 9.38. The van der Waals surface area contributed by atoms with Crippen LogP contribution in [0.1, 0.15) is 36.9 Å². The third-order valence-corrected chi connectivity index (χ3v) is 6.35. The number of pyridine rings is 1. The molecule has 5 nitrogen and oxygen atoms in total. The first-order chi connectivity index (χ1) is 15.5. The van der Waals surface area contributed by atoms with E-state index in [4.69, 9.17) is 4.74 Å². The molecule has 0 radical (unpaired) electrons. The average molecular weight is 431 g/mol. The van der Waals surface area contributed by atoms with Gasteiger partial charge in [-0.3, -0.25) is 4.79 Å². The van der Waals surface area contributed by atoms with Crippen molar-refractivity contribution in [3.05, 3.63) is 107 Å². The first kappa shape index (κ1) is 22.1. The lowest BCUT2D eigenvalue weighted by molar-refractivity contribution is -0.0887. The Kier molecular flexibility index (Phi) is 6.58. The zero-order valence-electron chi connectivity index (χ0n) is 18.6. The quantitative estimate of drug-likeness (QED) is 0.596. The second kappa shape index (κ2) is 9.55. The summed E-state index contributed by atoms with van der Waals surface area (Å²) in [6.07, 6.45) is 5.65. The van der Waals surface area contributed by atoms with Crippen molar-refractivity contribution in [1.29, 1.82) is 0 Å². The Morgan fingerprint density at radius 1 is 1.03 bits per heavy atom. The van der Waals surface area contributed by atoms with Crippen molar-refractivity contribution in [3.63, 3.8) is 0 Å². The van der Waals surface area contributed by atoms with Gasteiger partial charge in [-0.25, -0.2) is 0 Å². The standard InChI is InChI=1S/C27H30N2O3/c1-21(22-12-14-23(15-13-22)25-10-6-11-26(31)28(25)2)29-18-17-27(32-20-29,16-7-19-30)24-8-4-3-5-9-24/h3-6,8-15,17-18,21,30H,7,16,19-20H2,1-2H3/t21-,27?/m0/s1. The van der Waals surface area contributed by atoms with E-state index in [2.05, 4.69) is 60.5 Å². The average Bonchev–Trinajstić information content (AvgIpc) is 2.85. The molecule has 2 heterocycles. The summed E-state index contributed by atoms with van der Waals surface area (Å²) in [5.74, 6) is 0. The fourth-order valence-corrected chi connectivity index (χ4v) is 4.26. The van der Waals surface area contributed by atoms with Crippen LogP contribution < -0.4 is 5.56 Å². The zero-order chi connectivity index (χ0) is 22.6. The van der Waals surface area contributed by atoms with Gasteiger partial charge in [0.15, 0.2) is 0 Å². The van der Waals surface area contributed by atoms with Crippen LogP contribution in [0.25, 0.3) is 11.3 Å². The van der Waals surface area contributed by atoms with Crippen molar-refractivity contribution in [2.75, 3.05) is 13.3 Å². The molecule has 1 unspecified atom stereocenters. The number of ether oxygens (including phenoxy) is 1. The summed E-state index contributed by atoms with van der Waals surface area (Å²) in [7, 11) is 1.79. The largest absolute Gasteiger partial charge is 0.396 e. The lowest BCUT2D eigenvalue weighted by Crippen LogP contribution is -2.38. The van der Waals surface area contributed by atoms with Crippen molar-refractivity contribution in [2.45, 2.75) is 31.4 Å². The minimum Gasteiger partial charge on any atom is -0.396 e. The fraction of sp³-hybridized carbons (Fsp3) is 0.296. The van der Waals surface area contributed by atoms with Crippen LogP contribution in [0.3, 0.4) is 0 Å². The molecule has 1 aliphatic rings. The van der Waals surface area contributed by atoms with Crippen molar-refractivity contribution in [3.8, 4) is 11.3 Å². The molecule has 166 valence electrons. The van der Waals surface area contributed by atoms with Crippen LogP contribution >= 0.6 is 0 Å². The van der Waals surface area contributed by atoms with Crippen molar-refractivity contribution >= 4 is 0 Å². The van der Waals surface area contributed by atoms with Gasteiger partial charge in [0.25, 0.3) is 5.56 Å². The highest BCUT2D eigenvalue weighted by Crippen LogP contribution is 2.37. The van der Waals surface area contributed by atoms with Gasteiger partial charge in [-0.2, -0.15) is 0 Å². The van der Waals surface area contributed by atoms with E-state index in [9.17, 15) is 9.90 Å². The Morgan fingerprint density at radius 2 is 1.78 bits per heavy atom. The third-order valence-electron chi connectivity index (χ3n) is 6.35. The molecule has 32 heavy (non-hydrogen) atoms. The normalized spacial score (nSPS) is 19.2. The molecular weight excluding hydrogens is 400 g/mol. The number of nitrogens with zero attached hydrogens (tertiary/aromatic N) is 2. The molecule has 0 amide bonds. The van der Waals surface area contributed by atoms with Gasteiger partial charge < -0.3 is 19.3 Å². The summed E-state index contributed by atoms with van der Waals surface area (Å²) in [4.78, 5) is 14.1. The predicted molar refractivity (Wildman–Crippen MR) is 127 cm³/mol. The fourth-order valence-electron chi connectivity index (χ4n) is 4.26. The maximum Gasteiger partial charge on any atom is 0.250 e. The monoisotopic (exact) mass is 430 g/mol. The molecule has 2 atom stereocenters. The Morgan fingerprint density at radius 3 is 2.44 bits per heavy atom. The van der Waals surface area contributed by atoms with Gasteiger partial charge in [-0.15, -0.1) is 0 Å². The van der Waals surface area contributed by atoms with E-state index in [1.807, 2.05) is 24.3 Å². The summed E-state index contributed by atoms with van der Waals surface area (Å²) in [6.45, 7) is 2.77. The van der Waals surface area contributed by atoms with Gasteiger partial charge in [0.2, 0.25) is 0 Å². The molecule has 0 fully saturated rings. The summed E-state index contributed by atoms with van der Waals surface area (Å²) >= 11 is 0. The molecule has 1 aliphatic heterocycles. The number of hydrogen-bond acceptors (Lipinski definition) is 4. The molecule has 1 aromatic heterocycles. The molecule has 0 bridgehead atoms. The first-order valence-corrected chi connectivity index (χ1v) is 11.1. The number of benzene rings is 2. The number of rotatable bonds is 7. The SMILES string of the molecule is C[C@@H](c1ccc(-c2cccc(=O)n2C)cc1)N1C=CC(CCCO)(c2ccccc2)OC1. The Balaban J connectivity index is 1.53. The molecule has 2 aromatic carbocycles. The maximum atomic E-state index is 11.9. The molecular formula is C27H30N2O3. The molecule has 4 rings (SSSR count). The maximum absolute atomic E-state index is 11.9. The van der Waals surface area contributed by atoms with Gasteiger partial charge in [0.1, 0.15) is 12.3 Å². The summed E-state index contributed by atoms with van der Waals surface area (Å²) in [6, 6.07) is 24.0. The molecule has 0 spiro atoms. The van der Waals surface area contributed by atoms with Gasteiger partial charge in [0, 0.05) is 25.9 Å². The zero-order valence-corrected chi connectivity index (χ0v) is 18.6. The second-order valence-electron chi connectivity index (χ2n) is 8.29. The first-order valence-electron chi connectivity index (χ1n) is 11.1. The van der Waals surface area contributed by atoms with Crippen LogP contribution in [-0.4, -0.2) is 27.9 Å². The van der Waals surface area contributed by atoms with Crippen molar-refractivity contribution in [1.82, 2.24) is 9.47 Å². The van der Waals surface area contributed by atoms with Crippen LogP contribution in [0.15, 0.2) is 89.9 Å². The summed E-state index contributed by atoms with van der Waals surface area (Å²) < 4.78 is 8.08. The van der Waals surface area contributed by atoms with E-state index in [1.54, 1.807) is 23.7 Å². The van der Waals surface area contributed by atoms with Crippen molar-refractivity contribution in [2.24, 2.45) is 7.05 Å². The third kappa shape index (κ3) is 4.40. The van der Waals surface area contributed by atoms with E-state index < -0.39 is 5.60 Å². The van der Waals surface area contributed by atoms with Crippen LogP contribution in [0.5, 0.6) is 0 Å². The minimum atomic E-state index is -0.512. The van der Waals surface area contributed by atoms with Crippen LogP contribution in [-0.2, 0) is 17.4 Å². The van der Waals surface area contributed by atoms with Crippen LogP contribution in [0, 0.1) is 0 Å².